The van der Waals surface area contributed by atoms with Gasteiger partial charge in [0.15, 0.2) is 5.78 Å². The largest absolute Gasteiger partial charge is 0.299 e. The van der Waals surface area contributed by atoms with E-state index in [4.69, 9.17) is 5.26 Å². The Hall–Kier alpha value is -1.73. The molecule has 20 heavy (non-hydrogen) atoms. The Morgan fingerprint density at radius 1 is 1.30 bits per heavy atom. The van der Waals surface area contributed by atoms with Crippen molar-refractivity contribution < 1.29 is 9.18 Å². The SMILES string of the molecule is N#CCCN(CCCC(=O)c1ccc(F)cc1)C1CC1. The summed E-state index contributed by atoms with van der Waals surface area (Å²) in [5.41, 5.74) is 0.571. The molecule has 1 aliphatic carbocycles. The van der Waals surface area contributed by atoms with Gasteiger partial charge in [-0.1, -0.05) is 0 Å². The molecule has 0 atom stereocenters. The third-order valence-electron chi connectivity index (χ3n) is 3.59. The first-order valence-electron chi connectivity index (χ1n) is 7.10. The van der Waals surface area contributed by atoms with E-state index in [1.54, 1.807) is 0 Å². The smallest absolute Gasteiger partial charge is 0.162 e. The molecule has 1 aromatic carbocycles. The minimum absolute atomic E-state index is 0.0565. The second kappa shape index (κ2) is 7.16. The molecule has 0 radical (unpaired) electrons. The highest BCUT2D eigenvalue weighted by Crippen LogP contribution is 2.27. The number of benzene rings is 1. The monoisotopic (exact) mass is 274 g/mol. The van der Waals surface area contributed by atoms with Crippen molar-refractivity contribution in [3.05, 3.63) is 35.6 Å². The maximum absolute atomic E-state index is 12.8. The molecule has 1 saturated carbocycles. The van der Waals surface area contributed by atoms with Crippen molar-refractivity contribution in [2.75, 3.05) is 13.1 Å². The van der Waals surface area contributed by atoms with Crippen molar-refractivity contribution in [3.63, 3.8) is 0 Å². The molecule has 0 heterocycles. The summed E-state index contributed by atoms with van der Waals surface area (Å²) >= 11 is 0. The van der Waals surface area contributed by atoms with Gasteiger partial charge in [0.2, 0.25) is 0 Å². The van der Waals surface area contributed by atoms with Crippen LogP contribution < -0.4 is 0 Å². The van der Waals surface area contributed by atoms with Gasteiger partial charge in [0, 0.05) is 31.0 Å². The van der Waals surface area contributed by atoms with Crippen LogP contribution in [0, 0.1) is 17.1 Å². The first-order chi connectivity index (χ1) is 9.70. The van der Waals surface area contributed by atoms with Crippen LogP contribution in [-0.2, 0) is 0 Å². The molecule has 106 valence electrons. The first-order valence-corrected chi connectivity index (χ1v) is 7.10. The van der Waals surface area contributed by atoms with E-state index < -0.39 is 0 Å². The fourth-order valence-electron chi connectivity index (χ4n) is 2.33. The molecule has 1 fully saturated rings. The molecule has 0 bridgehead atoms. The lowest BCUT2D eigenvalue weighted by Gasteiger charge is -2.20. The van der Waals surface area contributed by atoms with Gasteiger partial charge < -0.3 is 0 Å². The molecule has 0 amide bonds. The summed E-state index contributed by atoms with van der Waals surface area (Å²) in [6.07, 6.45) is 4.22. The van der Waals surface area contributed by atoms with Gasteiger partial charge in [0.25, 0.3) is 0 Å². The number of carbonyl (C=O) groups excluding carboxylic acids is 1. The Morgan fingerprint density at radius 3 is 2.60 bits per heavy atom. The Kier molecular flexibility index (Phi) is 5.25. The zero-order valence-corrected chi connectivity index (χ0v) is 11.5. The van der Waals surface area contributed by atoms with Gasteiger partial charge in [0.1, 0.15) is 5.82 Å². The fraction of sp³-hybridized carbons (Fsp3) is 0.500. The van der Waals surface area contributed by atoms with Crippen LogP contribution >= 0.6 is 0 Å². The van der Waals surface area contributed by atoms with E-state index in [1.807, 2.05) is 0 Å². The molecule has 4 heteroatoms. The summed E-state index contributed by atoms with van der Waals surface area (Å²) in [7, 11) is 0. The van der Waals surface area contributed by atoms with Crippen LogP contribution in [0.4, 0.5) is 4.39 Å². The number of hydrogen-bond acceptors (Lipinski definition) is 3. The number of ketones is 1. The van der Waals surface area contributed by atoms with Crippen molar-refractivity contribution >= 4 is 5.78 Å². The highest BCUT2D eigenvalue weighted by molar-refractivity contribution is 5.95. The fourth-order valence-corrected chi connectivity index (χ4v) is 2.33. The second-order valence-corrected chi connectivity index (χ2v) is 5.21. The highest BCUT2D eigenvalue weighted by atomic mass is 19.1. The Labute approximate surface area is 119 Å². The molecule has 3 nitrogen and oxygen atoms in total. The van der Waals surface area contributed by atoms with Crippen molar-refractivity contribution in [1.29, 1.82) is 5.26 Å². The minimum Gasteiger partial charge on any atom is -0.299 e. The summed E-state index contributed by atoms with van der Waals surface area (Å²) in [5, 5.41) is 8.64. The summed E-state index contributed by atoms with van der Waals surface area (Å²) in [6, 6.07) is 8.48. The van der Waals surface area contributed by atoms with Crippen LogP contribution in [0.3, 0.4) is 0 Å². The van der Waals surface area contributed by atoms with Crippen molar-refractivity contribution in [2.24, 2.45) is 0 Å². The van der Waals surface area contributed by atoms with Gasteiger partial charge in [-0.15, -0.1) is 0 Å². The molecule has 0 aliphatic heterocycles. The van der Waals surface area contributed by atoms with E-state index in [0.29, 0.717) is 24.4 Å². The Morgan fingerprint density at radius 2 is 2.00 bits per heavy atom. The van der Waals surface area contributed by atoms with Crippen LogP contribution in [-0.4, -0.2) is 29.8 Å². The quantitative estimate of drug-likeness (QED) is 0.684. The number of rotatable bonds is 8. The van der Waals surface area contributed by atoms with Gasteiger partial charge in [-0.05, 0) is 50.1 Å². The standard InChI is InChI=1S/C16H19FN2O/c17-14-6-4-13(5-7-14)16(20)3-1-11-19(12-2-10-18)15-8-9-15/h4-7,15H,1-3,8-9,11-12H2. The first kappa shape index (κ1) is 14.7. The molecular weight excluding hydrogens is 255 g/mol. The van der Waals surface area contributed by atoms with Crippen molar-refractivity contribution in [2.45, 2.75) is 38.1 Å². The van der Waals surface area contributed by atoms with Gasteiger partial charge in [-0.25, -0.2) is 4.39 Å². The lowest BCUT2D eigenvalue weighted by molar-refractivity contribution is 0.0974. The molecular formula is C16H19FN2O. The van der Waals surface area contributed by atoms with E-state index in [1.165, 1.54) is 37.1 Å². The molecule has 2 rings (SSSR count). The predicted molar refractivity (Wildman–Crippen MR) is 74.8 cm³/mol. The van der Waals surface area contributed by atoms with Crippen LogP contribution in [0.1, 0.15) is 42.5 Å². The lowest BCUT2D eigenvalue weighted by atomic mass is 10.1. The Balaban J connectivity index is 1.75. The summed E-state index contributed by atoms with van der Waals surface area (Å²) < 4.78 is 12.8. The Bertz CT molecular complexity index is 488. The average molecular weight is 274 g/mol. The van der Waals surface area contributed by atoms with Gasteiger partial charge in [-0.2, -0.15) is 5.26 Å². The lowest BCUT2D eigenvalue weighted by Crippen LogP contribution is -2.28. The number of hydrogen-bond donors (Lipinski definition) is 0. The zero-order valence-electron chi connectivity index (χ0n) is 11.5. The summed E-state index contributed by atoms with van der Waals surface area (Å²) in [6.45, 7) is 1.66. The average Bonchev–Trinajstić information content (AvgIpc) is 3.27. The van der Waals surface area contributed by atoms with Crippen LogP contribution in [0.2, 0.25) is 0 Å². The van der Waals surface area contributed by atoms with E-state index in [-0.39, 0.29) is 11.6 Å². The zero-order chi connectivity index (χ0) is 14.4. The maximum Gasteiger partial charge on any atom is 0.162 e. The molecule has 0 spiro atoms. The van der Waals surface area contributed by atoms with Crippen LogP contribution in [0.15, 0.2) is 24.3 Å². The summed E-state index contributed by atoms with van der Waals surface area (Å²) in [5.74, 6) is -0.265. The minimum atomic E-state index is -0.321. The summed E-state index contributed by atoms with van der Waals surface area (Å²) in [4.78, 5) is 14.3. The highest BCUT2D eigenvalue weighted by Gasteiger charge is 2.28. The van der Waals surface area contributed by atoms with E-state index in [2.05, 4.69) is 11.0 Å². The van der Waals surface area contributed by atoms with E-state index >= 15 is 0 Å². The van der Waals surface area contributed by atoms with Crippen LogP contribution in [0.25, 0.3) is 0 Å². The molecule has 0 unspecified atom stereocenters. The normalized spacial score (nSPS) is 14.2. The molecule has 0 aromatic heterocycles. The van der Waals surface area contributed by atoms with Gasteiger partial charge in [-0.3, -0.25) is 9.69 Å². The molecule has 1 aliphatic rings. The topological polar surface area (TPSA) is 44.1 Å². The number of nitrogens with zero attached hydrogens (tertiary/aromatic N) is 2. The number of nitriles is 1. The third-order valence-corrected chi connectivity index (χ3v) is 3.59. The number of Topliss-reactive ketones (excluding diaryl/α,β-unsaturated/α-hetero) is 1. The van der Waals surface area contributed by atoms with Crippen LogP contribution in [0.5, 0.6) is 0 Å². The molecule has 0 saturated heterocycles. The van der Waals surface area contributed by atoms with E-state index in [0.717, 1.165) is 19.5 Å². The van der Waals surface area contributed by atoms with E-state index in [9.17, 15) is 9.18 Å². The van der Waals surface area contributed by atoms with Gasteiger partial charge in [0.05, 0.1) is 6.07 Å². The van der Waals surface area contributed by atoms with Gasteiger partial charge >= 0.3 is 0 Å². The third kappa shape index (κ3) is 4.43. The second-order valence-electron chi connectivity index (χ2n) is 5.21. The number of halogens is 1. The number of carbonyl (C=O) groups is 1. The molecule has 1 aromatic rings. The van der Waals surface area contributed by atoms with Crippen molar-refractivity contribution in [3.8, 4) is 6.07 Å². The predicted octanol–water partition coefficient (Wildman–Crippen LogP) is 3.17. The molecule has 0 N–H and O–H groups in total. The maximum atomic E-state index is 12.8. The van der Waals surface area contributed by atoms with Crippen molar-refractivity contribution in [1.82, 2.24) is 4.90 Å².